The molecule has 0 fully saturated rings. The van der Waals surface area contributed by atoms with Gasteiger partial charge in [-0.1, -0.05) is 29.8 Å². The van der Waals surface area contributed by atoms with Crippen LogP contribution in [0.5, 0.6) is 0 Å². The molecular weight excluding hydrogens is 260 g/mol. The highest BCUT2D eigenvalue weighted by molar-refractivity contribution is 5.72. The van der Waals surface area contributed by atoms with Crippen LogP contribution in [-0.2, 0) is 13.0 Å². The number of hydrogen-bond acceptors (Lipinski definition) is 3. The van der Waals surface area contributed by atoms with Crippen LogP contribution < -0.4 is 5.73 Å². The molecule has 0 amide bonds. The molecule has 21 heavy (non-hydrogen) atoms. The van der Waals surface area contributed by atoms with Crippen molar-refractivity contribution in [2.75, 3.05) is 5.73 Å². The Hall–Kier alpha value is -2.62. The largest absolute Gasteiger partial charge is 0.398 e. The van der Waals surface area contributed by atoms with Gasteiger partial charge in [-0.25, -0.2) is 4.98 Å². The van der Waals surface area contributed by atoms with Crippen LogP contribution in [0.25, 0.3) is 11.3 Å². The van der Waals surface area contributed by atoms with Crippen molar-refractivity contribution >= 4 is 5.69 Å². The first-order chi connectivity index (χ1) is 10.2. The van der Waals surface area contributed by atoms with Crippen molar-refractivity contribution in [3.05, 3.63) is 66.4 Å². The average molecular weight is 278 g/mol. The van der Waals surface area contributed by atoms with E-state index in [4.69, 9.17) is 5.73 Å². The van der Waals surface area contributed by atoms with E-state index >= 15 is 0 Å². The van der Waals surface area contributed by atoms with Gasteiger partial charge >= 0.3 is 0 Å². The summed E-state index contributed by atoms with van der Waals surface area (Å²) in [6.45, 7) is 2.98. The number of hydrogen-bond donors (Lipinski definition) is 1. The van der Waals surface area contributed by atoms with Crippen molar-refractivity contribution < 1.29 is 0 Å². The topological polar surface area (TPSA) is 56.7 Å². The molecule has 0 saturated heterocycles. The Labute approximate surface area is 124 Å². The van der Waals surface area contributed by atoms with Crippen LogP contribution in [0.2, 0.25) is 0 Å². The summed E-state index contributed by atoms with van der Waals surface area (Å²) in [6.07, 6.45) is 8.13. The molecule has 3 aromatic rings. The molecule has 0 aliphatic rings. The quantitative estimate of drug-likeness (QED) is 0.798. The lowest BCUT2D eigenvalue weighted by atomic mass is 10.1. The number of pyridine rings is 1. The number of nitrogens with zero attached hydrogens (tertiary/aromatic N) is 3. The van der Waals surface area contributed by atoms with Gasteiger partial charge in [-0.3, -0.25) is 4.98 Å². The van der Waals surface area contributed by atoms with Gasteiger partial charge in [0.15, 0.2) is 0 Å². The maximum atomic E-state index is 6.03. The molecule has 0 unspecified atom stereocenters. The number of nitrogen functional groups attached to an aromatic ring is 1. The van der Waals surface area contributed by atoms with E-state index < -0.39 is 0 Å². The van der Waals surface area contributed by atoms with Gasteiger partial charge in [0, 0.05) is 30.2 Å². The highest BCUT2D eigenvalue weighted by Crippen LogP contribution is 2.24. The fourth-order valence-electron chi connectivity index (χ4n) is 2.46. The van der Waals surface area contributed by atoms with Crippen molar-refractivity contribution in [3.8, 4) is 11.3 Å². The number of aromatic nitrogens is 3. The molecule has 0 aliphatic carbocycles. The Morgan fingerprint density at radius 1 is 1.14 bits per heavy atom. The molecule has 2 N–H and O–H groups in total. The van der Waals surface area contributed by atoms with E-state index in [1.165, 1.54) is 11.1 Å². The highest BCUT2D eigenvalue weighted by atomic mass is 15.0. The smallest absolute Gasteiger partial charge is 0.0951 e. The molecule has 0 radical (unpaired) electrons. The van der Waals surface area contributed by atoms with Gasteiger partial charge in [0.2, 0.25) is 0 Å². The number of aryl methyl sites for hydroxylation is 3. The van der Waals surface area contributed by atoms with Crippen LogP contribution in [0.4, 0.5) is 5.69 Å². The van der Waals surface area contributed by atoms with Crippen molar-refractivity contribution in [2.45, 2.75) is 19.9 Å². The second-order valence-electron chi connectivity index (χ2n) is 5.17. The van der Waals surface area contributed by atoms with Crippen molar-refractivity contribution in [3.63, 3.8) is 0 Å². The lowest BCUT2D eigenvalue weighted by Crippen LogP contribution is -2.03. The number of nitrogens with two attached hydrogens (primary N) is 1. The number of benzene rings is 1. The van der Waals surface area contributed by atoms with Crippen molar-refractivity contribution in [1.82, 2.24) is 14.5 Å². The van der Waals surface area contributed by atoms with E-state index in [1.54, 1.807) is 12.4 Å². The monoisotopic (exact) mass is 278 g/mol. The molecule has 106 valence electrons. The van der Waals surface area contributed by atoms with E-state index in [-0.39, 0.29) is 0 Å². The first kappa shape index (κ1) is 13.4. The molecule has 3 rings (SSSR count). The molecular formula is C17H18N4. The third-order valence-corrected chi connectivity index (χ3v) is 3.57. The van der Waals surface area contributed by atoms with Gasteiger partial charge in [-0.05, 0) is 25.0 Å². The van der Waals surface area contributed by atoms with Crippen LogP contribution >= 0.6 is 0 Å². The van der Waals surface area contributed by atoms with E-state index in [0.29, 0.717) is 0 Å². The van der Waals surface area contributed by atoms with E-state index in [1.807, 2.05) is 18.6 Å². The van der Waals surface area contributed by atoms with Crippen molar-refractivity contribution in [2.24, 2.45) is 0 Å². The molecule has 0 atom stereocenters. The highest BCUT2D eigenvalue weighted by Gasteiger charge is 2.08. The standard InChI is InChI=1S/C17H18N4/c1-13-3-2-4-14(9-13)6-8-21-12-20-11-17(21)15-10-19-7-5-16(15)18/h2-5,7,9-12H,6,8H2,1H3,(H2,18,19). The van der Waals surface area contributed by atoms with Crippen molar-refractivity contribution in [1.29, 1.82) is 0 Å². The minimum Gasteiger partial charge on any atom is -0.398 e. The fraction of sp³-hybridized carbons (Fsp3) is 0.176. The zero-order chi connectivity index (χ0) is 14.7. The molecule has 4 nitrogen and oxygen atoms in total. The van der Waals surface area contributed by atoms with Gasteiger partial charge in [-0.2, -0.15) is 0 Å². The van der Waals surface area contributed by atoms with Crippen LogP contribution in [-0.4, -0.2) is 14.5 Å². The minimum absolute atomic E-state index is 0.724. The summed E-state index contributed by atoms with van der Waals surface area (Å²) in [5.74, 6) is 0. The average Bonchev–Trinajstić information content (AvgIpc) is 2.94. The first-order valence-electron chi connectivity index (χ1n) is 6.99. The SMILES string of the molecule is Cc1cccc(CCn2cncc2-c2cnccc2N)c1. The van der Waals surface area contributed by atoms with Gasteiger partial charge in [0.05, 0.1) is 18.2 Å². The van der Waals surface area contributed by atoms with Crippen LogP contribution in [0.15, 0.2) is 55.2 Å². The summed E-state index contributed by atoms with van der Waals surface area (Å²) in [4.78, 5) is 8.40. The maximum Gasteiger partial charge on any atom is 0.0951 e. The van der Waals surface area contributed by atoms with E-state index in [9.17, 15) is 0 Å². The molecule has 0 bridgehead atoms. The van der Waals surface area contributed by atoms with Gasteiger partial charge < -0.3 is 10.3 Å². The fourth-order valence-corrected chi connectivity index (χ4v) is 2.46. The molecule has 4 heteroatoms. The Morgan fingerprint density at radius 3 is 2.86 bits per heavy atom. The van der Waals surface area contributed by atoms with E-state index in [0.717, 1.165) is 29.9 Å². The Balaban J connectivity index is 1.82. The number of rotatable bonds is 4. The summed E-state index contributed by atoms with van der Waals surface area (Å²) < 4.78 is 2.12. The van der Waals surface area contributed by atoms with Crippen LogP contribution in [0.3, 0.4) is 0 Å². The lowest BCUT2D eigenvalue weighted by Gasteiger charge is -2.10. The Morgan fingerprint density at radius 2 is 2.05 bits per heavy atom. The molecule has 0 spiro atoms. The summed E-state index contributed by atoms with van der Waals surface area (Å²) in [5.41, 5.74) is 11.3. The predicted octanol–water partition coefficient (Wildman–Crippen LogP) is 3.08. The third-order valence-electron chi connectivity index (χ3n) is 3.57. The molecule has 0 aliphatic heterocycles. The summed E-state index contributed by atoms with van der Waals surface area (Å²) >= 11 is 0. The number of anilines is 1. The van der Waals surface area contributed by atoms with Gasteiger partial charge in [-0.15, -0.1) is 0 Å². The summed E-state index contributed by atoms with van der Waals surface area (Å²) in [7, 11) is 0. The third kappa shape index (κ3) is 2.94. The lowest BCUT2D eigenvalue weighted by molar-refractivity contribution is 0.701. The Kier molecular flexibility index (Phi) is 3.69. The molecule has 0 saturated carbocycles. The first-order valence-corrected chi connectivity index (χ1v) is 6.99. The zero-order valence-electron chi connectivity index (χ0n) is 12.0. The zero-order valence-corrected chi connectivity index (χ0v) is 12.0. The second-order valence-corrected chi connectivity index (χ2v) is 5.17. The number of imidazole rings is 1. The maximum absolute atomic E-state index is 6.03. The summed E-state index contributed by atoms with van der Waals surface area (Å²) in [6, 6.07) is 10.4. The molecule has 1 aromatic carbocycles. The van der Waals surface area contributed by atoms with Gasteiger partial charge in [0.1, 0.15) is 0 Å². The van der Waals surface area contributed by atoms with Gasteiger partial charge in [0.25, 0.3) is 0 Å². The summed E-state index contributed by atoms with van der Waals surface area (Å²) in [5, 5.41) is 0. The normalized spacial score (nSPS) is 10.7. The second kappa shape index (κ2) is 5.79. The van der Waals surface area contributed by atoms with Crippen LogP contribution in [0, 0.1) is 6.92 Å². The molecule has 2 heterocycles. The minimum atomic E-state index is 0.724. The molecule has 2 aromatic heterocycles. The van der Waals surface area contributed by atoms with Crippen LogP contribution in [0.1, 0.15) is 11.1 Å². The van der Waals surface area contributed by atoms with E-state index in [2.05, 4.69) is 45.7 Å². The Bertz CT molecular complexity index is 746. The predicted molar refractivity (Wildman–Crippen MR) is 84.8 cm³/mol.